The van der Waals surface area contributed by atoms with E-state index in [9.17, 15) is 22.4 Å². The summed E-state index contributed by atoms with van der Waals surface area (Å²) in [6.07, 6.45) is -4.17. The minimum absolute atomic E-state index is 0.0343. The highest BCUT2D eigenvalue weighted by molar-refractivity contribution is 5.94. The summed E-state index contributed by atoms with van der Waals surface area (Å²) in [5, 5.41) is 2.51. The van der Waals surface area contributed by atoms with E-state index in [1.165, 1.54) is 18.2 Å². The van der Waals surface area contributed by atoms with Crippen molar-refractivity contribution < 1.29 is 22.4 Å². The average molecular weight is 354 g/mol. The summed E-state index contributed by atoms with van der Waals surface area (Å²) in [4.78, 5) is 13.7. The van der Waals surface area contributed by atoms with Crippen LogP contribution in [0.1, 0.15) is 17.5 Å². The summed E-state index contributed by atoms with van der Waals surface area (Å²) in [5.74, 6) is -0.836. The molecule has 0 radical (unpaired) electrons. The molecule has 0 atom stereocenters. The Labute approximate surface area is 143 Å². The Bertz CT molecular complexity index is 757. The predicted octanol–water partition coefficient (Wildman–Crippen LogP) is 4.48. The Morgan fingerprint density at radius 1 is 1.12 bits per heavy atom. The number of nitrogens with one attached hydrogen (secondary N) is 1. The quantitative estimate of drug-likeness (QED) is 0.803. The van der Waals surface area contributed by atoms with Gasteiger partial charge in [-0.3, -0.25) is 4.79 Å². The second kappa shape index (κ2) is 7.55. The van der Waals surface area contributed by atoms with Gasteiger partial charge in [0.15, 0.2) is 0 Å². The Balaban J connectivity index is 2.13. The number of rotatable bonds is 5. The summed E-state index contributed by atoms with van der Waals surface area (Å²) in [6.45, 7) is 0. The van der Waals surface area contributed by atoms with Gasteiger partial charge in [0, 0.05) is 20.5 Å². The van der Waals surface area contributed by atoms with E-state index in [-0.39, 0.29) is 12.1 Å². The fraction of sp³-hybridized carbons (Fsp3) is 0.278. The van der Waals surface area contributed by atoms with Crippen molar-refractivity contribution in [1.82, 2.24) is 0 Å². The highest BCUT2D eigenvalue weighted by Crippen LogP contribution is 2.35. The van der Waals surface area contributed by atoms with E-state index in [0.717, 1.165) is 12.1 Å². The average Bonchev–Trinajstić information content (AvgIpc) is 2.52. The van der Waals surface area contributed by atoms with Gasteiger partial charge in [0.2, 0.25) is 5.91 Å². The number of aryl methyl sites for hydroxylation is 1. The lowest BCUT2D eigenvalue weighted by atomic mass is 10.1. The van der Waals surface area contributed by atoms with Gasteiger partial charge < -0.3 is 10.2 Å². The molecule has 2 aromatic rings. The van der Waals surface area contributed by atoms with Crippen LogP contribution in [0.25, 0.3) is 0 Å². The van der Waals surface area contributed by atoms with Crippen LogP contribution in [0.5, 0.6) is 0 Å². The maximum atomic E-state index is 13.1. The van der Waals surface area contributed by atoms with Gasteiger partial charge in [0.25, 0.3) is 0 Å². The molecule has 0 aliphatic rings. The molecule has 0 aliphatic heterocycles. The minimum atomic E-state index is -4.49. The smallest absolute Gasteiger partial charge is 0.376 e. The normalized spacial score (nSPS) is 11.3. The van der Waals surface area contributed by atoms with Gasteiger partial charge in [-0.15, -0.1) is 0 Å². The van der Waals surface area contributed by atoms with Crippen LogP contribution in [0.15, 0.2) is 42.5 Å². The van der Waals surface area contributed by atoms with E-state index < -0.39 is 23.5 Å². The zero-order valence-corrected chi connectivity index (χ0v) is 13.8. The summed E-state index contributed by atoms with van der Waals surface area (Å²) in [6, 6.07) is 9.04. The van der Waals surface area contributed by atoms with Crippen molar-refractivity contribution in [1.29, 1.82) is 0 Å². The first-order valence-electron chi connectivity index (χ1n) is 7.59. The van der Waals surface area contributed by atoms with Gasteiger partial charge in [-0.25, -0.2) is 4.39 Å². The molecule has 134 valence electrons. The molecule has 0 spiro atoms. The molecule has 0 aliphatic carbocycles. The largest absolute Gasteiger partial charge is 0.416 e. The van der Waals surface area contributed by atoms with Gasteiger partial charge in [0.1, 0.15) is 5.82 Å². The number of carbonyl (C=O) groups excluding carboxylic acids is 1. The predicted molar refractivity (Wildman–Crippen MR) is 89.1 cm³/mol. The van der Waals surface area contributed by atoms with E-state index in [0.29, 0.717) is 17.7 Å². The van der Waals surface area contributed by atoms with E-state index in [1.54, 1.807) is 31.1 Å². The van der Waals surface area contributed by atoms with E-state index in [4.69, 9.17) is 0 Å². The standard InChI is InChI=1S/C18H18F4N2O/c1-24(2)16-8-7-13(18(20,21)22)11-15(16)23-17(25)9-6-12-4-3-5-14(19)10-12/h3-5,7-8,10-11H,6,9H2,1-2H3,(H,23,25). The molecule has 0 heterocycles. The molecule has 1 amide bonds. The Morgan fingerprint density at radius 3 is 2.44 bits per heavy atom. The SMILES string of the molecule is CN(C)c1ccc(C(F)(F)F)cc1NC(=O)CCc1cccc(F)c1. The summed E-state index contributed by atoms with van der Waals surface area (Å²) < 4.78 is 51.8. The molecule has 2 aromatic carbocycles. The fourth-order valence-electron chi connectivity index (χ4n) is 2.37. The lowest BCUT2D eigenvalue weighted by Crippen LogP contribution is -2.18. The number of halogens is 4. The third kappa shape index (κ3) is 5.20. The van der Waals surface area contributed by atoms with Crippen LogP contribution < -0.4 is 10.2 Å². The topological polar surface area (TPSA) is 32.3 Å². The van der Waals surface area contributed by atoms with Crippen LogP contribution in [-0.4, -0.2) is 20.0 Å². The maximum Gasteiger partial charge on any atom is 0.416 e. The molecule has 3 nitrogen and oxygen atoms in total. The zero-order chi connectivity index (χ0) is 18.6. The lowest BCUT2D eigenvalue weighted by molar-refractivity contribution is -0.137. The molecule has 0 saturated carbocycles. The van der Waals surface area contributed by atoms with Crippen molar-refractivity contribution in [3.05, 3.63) is 59.4 Å². The number of nitrogens with zero attached hydrogens (tertiary/aromatic N) is 1. The number of alkyl halides is 3. The number of hydrogen-bond donors (Lipinski definition) is 1. The number of hydrogen-bond acceptors (Lipinski definition) is 2. The highest BCUT2D eigenvalue weighted by Gasteiger charge is 2.31. The summed E-state index contributed by atoms with van der Waals surface area (Å²) >= 11 is 0. The van der Waals surface area contributed by atoms with Crippen LogP contribution in [0.2, 0.25) is 0 Å². The molecule has 0 fully saturated rings. The first-order valence-corrected chi connectivity index (χ1v) is 7.59. The maximum absolute atomic E-state index is 13.1. The molecule has 0 unspecified atom stereocenters. The second-order valence-corrected chi connectivity index (χ2v) is 5.80. The van der Waals surface area contributed by atoms with Crippen molar-refractivity contribution in [3.63, 3.8) is 0 Å². The Kier molecular flexibility index (Phi) is 5.66. The molecule has 25 heavy (non-hydrogen) atoms. The Hall–Kier alpha value is -2.57. The first kappa shape index (κ1) is 18.8. The van der Waals surface area contributed by atoms with E-state index in [1.807, 2.05) is 0 Å². The van der Waals surface area contributed by atoms with Crippen LogP contribution in [0, 0.1) is 5.82 Å². The zero-order valence-electron chi connectivity index (χ0n) is 13.8. The molecule has 7 heteroatoms. The van der Waals surface area contributed by atoms with Gasteiger partial charge in [-0.1, -0.05) is 12.1 Å². The van der Waals surface area contributed by atoms with Crippen LogP contribution in [-0.2, 0) is 17.4 Å². The van der Waals surface area contributed by atoms with Gasteiger partial charge in [0.05, 0.1) is 16.9 Å². The minimum Gasteiger partial charge on any atom is -0.376 e. The number of anilines is 2. The third-order valence-electron chi connectivity index (χ3n) is 3.61. The van der Waals surface area contributed by atoms with E-state index in [2.05, 4.69) is 5.32 Å². The number of carbonyl (C=O) groups is 1. The van der Waals surface area contributed by atoms with Crippen molar-refractivity contribution in [2.24, 2.45) is 0 Å². The highest BCUT2D eigenvalue weighted by atomic mass is 19.4. The molecule has 0 saturated heterocycles. The van der Waals surface area contributed by atoms with E-state index >= 15 is 0 Å². The van der Waals surface area contributed by atoms with Crippen molar-refractivity contribution in [3.8, 4) is 0 Å². The van der Waals surface area contributed by atoms with Crippen molar-refractivity contribution in [2.45, 2.75) is 19.0 Å². The van der Waals surface area contributed by atoms with Crippen LogP contribution in [0.3, 0.4) is 0 Å². The van der Waals surface area contributed by atoms with Crippen LogP contribution in [0.4, 0.5) is 28.9 Å². The van der Waals surface area contributed by atoms with Crippen LogP contribution >= 0.6 is 0 Å². The molecule has 1 N–H and O–H groups in total. The number of benzene rings is 2. The van der Waals surface area contributed by atoms with Gasteiger partial charge in [-0.2, -0.15) is 13.2 Å². The van der Waals surface area contributed by atoms with Gasteiger partial charge in [-0.05, 0) is 42.3 Å². The molecular weight excluding hydrogens is 336 g/mol. The third-order valence-corrected chi connectivity index (χ3v) is 3.61. The molecule has 0 bridgehead atoms. The fourth-order valence-corrected chi connectivity index (χ4v) is 2.37. The molecule has 2 rings (SSSR count). The Morgan fingerprint density at radius 2 is 1.84 bits per heavy atom. The molecular formula is C18H18F4N2O. The van der Waals surface area contributed by atoms with Gasteiger partial charge >= 0.3 is 6.18 Å². The first-order chi connectivity index (χ1) is 11.7. The van der Waals surface area contributed by atoms with Crippen molar-refractivity contribution in [2.75, 3.05) is 24.3 Å². The number of amides is 1. The second-order valence-electron chi connectivity index (χ2n) is 5.80. The summed E-state index contributed by atoms with van der Waals surface area (Å²) in [5.41, 5.74) is 0.363. The lowest BCUT2D eigenvalue weighted by Gasteiger charge is -2.20. The molecule has 0 aromatic heterocycles. The monoisotopic (exact) mass is 354 g/mol. The summed E-state index contributed by atoms with van der Waals surface area (Å²) in [7, 11) is 3.34. The van der Waals surface area contributed by atoms with Crippen molar-refractivity contribution >= 4 is 17.3 Å².